The summed E-state index contributed by atoms with van der Waals surface area (Å²) in [4.78, 5) is 13.8. The van der Waals surface area contributed by atoms with E-state index in [-0.39, 0.29) is 17.6 Å². The lowest BCUT2D eigenvalue weighted by Gasteiger charge is -2.33. The lowest BCUT2D eigenvalue weighted by Crippen LogP contribution is -2.43. The van der Waals surface area contributed by atoms with Gasteiger partial charge >= 0.3 is 6.18 Å². The van der Waals surface area contributed by atoms with Crippen LogP contribution in [0.25, 0.3) is 0 Å². The molecule has 372 valence electrons. The molecule has 0 bridgehead atoms. The zero-order valence-electron chi connectivity index (χ0n) is 43.5. The monoisotopic (exact) mass is 895 g/mol. The van der Waals surface area contributed by atoms with Crippen LogP contribution < -0.4 is 16.0 Å². The Morgan fingerprint density at radius 1 is 0.413 bits per heavy atom. The van der Waals surface area contributed by atoms with Crippen LogP contribution in [0, 0.1) is 17.8 Å². The second-order valence-electron chi connectivity index (χ2n) is 21.1. The first kappa shape index (κ1) is 59.2. The molecule has 0 amide bonds. The molecule has 0 saturated heterocycles. The van der Waals surface area contributed by atoms with E-state index in [1.807, 2.05) is 0 Å². The average Bonchev–Trinajstić information content (AvgIpc) is 3.97. The maximum absolute atomic E-state index is 12.8. The van der Waals surface area contributed by atoms with Gasteiger partial charge in [-0.2, -0.15) is 13.2 Å². The molecule has 2 unspecified atom stereocenters. The van der Waals surface area contributed by atoms with E-state index in [9.17, 15) is 13.2 Å². The van der Waals surface area contributed by atoms with Crippen LogP contribution in [0.4, 0.5) is 13.2 Å². The van der Waals surface area contributed by atoms with Crippen molar-refractivity contribution >= 4 is 17.5 Å². The molecule has 0 saturated carbocycles. The molecule has 9 heteroatoms. The quantitative estimate of drug-likeness (QED) is 0.0575. The zero-order chi connectivity index (χ0) is 47.0. The van der Waals surface area contributed by atoms with E-state index < -0.39 is 11.7 Å². The summed E-state index contributed by atoms with van der Waals surface area (Å²) in [5.41, 5.74) is -1.66. The van der Waals surface area contributed by atoms with Crippen LogP contribution in [0.3, 0.4) is 0 Å². The second-order valence-corrected chi connectivity index (χ2v) is 21.1. The van der Waals surface area contributed by atoms with Gasteiger partial charge in [-0.15, -0.1) is 0 Å². The molecule has 0 aromatic carbocycles. The number of nitrogens with one attached hydrogen (secondary N) is 3. The molecule has 3 aliphatic heterocycles. The fraction of sp³-hybridized carbons (Fsp3) is 0.944. The minimum Gasteiger partial charge on any atom is -0.371 e. The lowest BCUT2D eigenvalue weighted by atomic mass is 9.78. The van der Waals surface area contributed by atoms with Crippen molar-refractivity contribution in [2.75, 3.05) is 19.6 Å². The molecular weight excluding hydrogens is 790 g/mol. The van der Waals surface area contributed by atoms with Gasteiger partial charge in [0.15, 0.2) is 5.54 Å². The lowest BCUT2D eigenvalue weighted by molar-refractivity contribution is -0.175. The summed E-state index contributed by atoms with van der Waals surface area (Å²) < 4.78 is 38.4. The topological polar surface area (TPSA) is 73.2 Å². The Kier molecular flexibility index (Phi) is 31.6. The standard InChI is InChI=1S/C20H40N2.C18H36N2.C16H29F3N2/c1-6-7-8-9-10-11-12-13-14-15-19-21-16-20(22-19,17(2)3)18(4)5;1-5-6-7-8-9-10-11-12-13-14-17-19-15-18(4,20-17)16(2)3;1-3-4-5-6-7-8-9-10-11-12-14-20-13-15(2,21-14)16(17,18)19/h17-18H,6-16H2,1-5H3,(H,21,22);16H,5-15H2,1-4H3,(H,19,20);3-13H2,1-2H3,(H,20,21). The molecule has 3 rings (SSSR count). The van der Waals surface area contributed by atoms with E-state index in [1.54, 1.807) is 0 Å². The Labute approximate surface area is 389 Å². The van der Waals surface area contributed by atoms with E-state index in [2.05, 4.69) is 90.2 Å². The van der Waals surface area contributed by atoms with Gasteiger partial charge in [0.1, 0.15) is 0 Å². The van der Waals surface area contributed by atoms with Gasteiger partial charge in [0, 0.05) is 38.9 Å². The van der Waals surface area contributed by atoms with Crippen molar-refractivity contribution < 1.29 is 13.2 Å². The van der Waals surface area contributed by atoms with E-state index in [0.29, 0.717) is 30.0 Å². The van der Waals surface area contributed by atoms with E-state index >= 15 is 0 Å². The number of nitrogens with zero attached hydrogens (tertiary/aromatic N) is 3. The van der Waals surface area contributed by atoms with Crippen molar-refractivity contribution in [3.63, 3.8) is 0 Å². The third kappa shape index (κ3) is 24.5. The molecule has 0 aliphatic carbocycles. The minimum absolute atomic E-state index is 0.122. The number of rotatable bonds is 33. The van der Waals surface area contributed by atoms with Crippen LogP contribution in [0.1, 0.15) is 269 Å². The van der Waals surface area contributed by atoms with E-state index in [1.165, 1.54) is 172 Å². The Hall–Kier alpha value is -1.80. The Morgan fingerprint density at radius 2 is 0.714 bits per heavy atom. The molecule has 2 atom stereocenters. The van der Waals surface area contributed by atoms with Gasteiger partial charge in [-0.1, -0.05) is 216 Å². The summed E-state index contributed by atoms with van der Waals surface area (Å²) >= 11 is 0. The zero-order valence-corrected chi connectivity index (χ0v) is 43.5. The molecule has 0 radical (unpaired) electrons. The number of halogens is 3. The molecule has 63 heavy (non-hydrogen) atoms. The van der Waals surface area contributed by atoms with Gasteiger partial charge in [0.25, 0.3) is 0 Å². The number of unbranched alkanes of at least 4 members (excludes halogenated alkanes) is 24. The predicted molar refractivity (Wildman–Crippen MR) is 272 cm³/mol. The first-order valence-electron chi connectivity index (χ1n) is 27.0. The molecule has 3 heterocycles. The average molecular weight is 895 g/mol. The Bertz CT molecular complexity index is 1220. The highest BCUT2D eigenvalue weighted by Crippen LogP contribution is 2.36. The van der Waals surface area contributed by atoms with Crippen molar-refractivity contribution in [3.8, 4) is 0 Å². The third-order valence-electron chi connectivity index (χ3n) is 14.4. The van der Waals surface area contributed by atoms with Crippen LogP contribution in [-0.2, 0) is 0 Å². The van der Waals surface area contributed by atoms with Crippen molar-refractivity contribution in [2.24, 2.45) is 32.7 Å². The molecule has 0 fully saturated rings. The number of hydrogen-bond acceptors (Lipinski definition) is 6. The molecule has 0 spiro atoms. The number of hydrogen-bond donors (Lipinski definition) is 3. The summed E-state index contributed by atoms with van der Waals surface area (Å²) in [6.07, 6.45) is 34.7. The van der Waals surface area contributed by atoms with Crippen molar-refractivity contribution in [1.82, 2.24) is 16.0 Å². The van der Waals surface area contributed by atoms with Gasteiger partial charge < -0.3 is 16.0 Å². The highest BCUT2D eigenvalue weighted by molar-refractivity contribution is 5.85. The van der Waals surface area contributed by atoms with E-state index in [0.717, 1.165) is 45.7 Å². The third-order valence-corrected chi connectivity index (χ3v) is 14.4. The predicted octanol–water partition coefficient (Wildman–Crippen LogP) is 16.5. The first-order valence-corrected chi connectivity index (χ1v) is 27.0. The number of aliphatic imine (C=N–C) groups is 3. The molecule has 3 aliphatic rings. The summed E-state index contributed by atoms with van der Waals surface area (Å²) in [5, 5.41) is 9.90. The number of amidine groups is 3. The number of alkyl halides is 3. The van der Waals surface area contributed by atoms with Gasteiger partial charge in [-0.3, -0.25) is 15.0 Å². The Morgan fingerprint density at radius 3 is 1.00 bits per heavy atom. The fourth-order valence-corrected chi connectivity index (χ4v) is 8.97. The normalized spacial score (nSPS) is 20.4. The maximum atomic E-state index is 12.8. The van der Waals surface area contributed by atoms with Crippen LogP contribution in [0.2, 0.25) is 0 Å². The van der Waals surface area contributed by atoms with Gasteiger partial charge in [0.2, 0.25) is 0 Å². The molecular formula is C54H105F3N6. The highest BCUT2D eigenvalue weighted by atomic mass is 19.4. The van der Waals surface area contributed by atoms with Crippen molar-refractivity contribution in [3.05, 3.63) is 0 Å². The summed E-state index contributed by atoms with van der Waals surface area (Å²) in [6, 6.07) is 0. The van der Waals surface area contributed by atoms with Crippen LogP contribution in [-0.4, -0.2) is 59.9 Å². The maximum Gasteiger partial charge on any atom is 0.415 e. The summed E-state index contributed by atoms with van der Waals surface area (Å²) in [5.74, 6) is 4.89. The molecule has 0 aromatic heterocycles. The van der Waals surface area contributed by atoms with Crippen LogP contribution in [0.5, 0.6) is 0 Å². The largest absolute Gasteiger partial charge is 0.415 e. The fourth-order valence-electron chi connectivity index (χ4n) is 8.97. The summed E-state index contributed by atoms with van der Waals surface area (Å²) in [7, 11) is 0. The van der Waals surface area contributed by atoms with Crippen molar-refractivity contribution in [1.29, 1.82) is 0 Å². The molecule has 6 nitrogen and oxygen atoms in total. The SMILES string of the molecule is CCCCCCCCCCCC1=NC(C(C)C)(C(C)C)CN1.CCCCCCCCCCCC1=NC(C)(C(C)C)CN1.CCCCCCCCCCCC1=NC(C)(C(F)(F)F)CN1. The highest BCUT2D eigenvalue weighted by Gasteiger charge is 2.53. The van der Waals surface area contributed by atoms with Gasteiger partial charge in [0.05, 0.1) is 28.6 Å². The van der Waals surface area contributed by atoms with Gasteiger partial charge in [-0.25, -0.2) is 0 Å². The van der Waals surface area contributed by atoms with Crippen LogP contribution in [0.15, 0.2) is 15.0 Å². The van der Waals surface area contributed by atoms with Gasteiger partial charge in [-0.05, 0) is 50.9 Å². The smallest absolute Gasteiger partial charge is 0.371 e. The van der Waals surface area contributed by atoms with E-state index in [4.69, 9.17) is 9.98 Å². The van der Waals surface area contributed by atoms with Crippen molar-refractivity contribution in [2.45, 2.75) is 292 Å². The second kappa shape index (κ2) is 33.6. The summed E-state index contributed by atoms with van der Waals surface area (Å²) in [6.45, 7) is 25.9. The van der Waals surface area contributed by atoms with Crippen LogP contribution >= 0.6 is 0 Å². The Balaban J connectivity index is 0.000000473. The molecule has 3 N–H and O–H groups in total. The molecule has 0 aromatic rings. The first-order chi connectivity index (χ1) is 30.0. The minimum atomic E-state index is -4.26.